The smallest absolute Gasteiger partial charge is 0.266 e. The fourth-order valence-corrected chi connectivity index (χ4v) is 6.80. The highest BCUT2D eigenvalue weighted by Crippen LogP contribution is 2.49. The molecule has 0 spiro atoms. The predicted octanol–water partition coefficient (Wildman–Crippen LogP) is 7.17. The third-order valence-electron chi connectivity index (χ3n) is 6.09. The SMILES string of the molecule is COc1ccc(/C=C2\SC(=S)N(CCCC(=O)N3c4ccccc4Sc4ccc(Cl)cc43)C2=O)cc1OC. The van der Waals surface area contributed by atoms with Crippen LogP contribution in [0.25, 0.3) is 6.08 Å². The summed E-state index contributed by atoms with van der Waals surface area (Å²) in [6, 6.07) is 18.8. The van der Waals surface area contributed by atoms with Crippen LogP contribution in [0.5, 0.6) is 11.5 Å². The third kappa shape index (κ3) is 5.29. The van der Waals surface area contributed by atoms with E-state index in [1.807, 2.05) is 54.6 Å². The highest BCUT2D eigenvalue weighted by molar-refractivity contribution is 8.26. The molecule has 0 aliphatic carbocycles. The fraction of sp³-hybridized carbons (Fsp3) is 0.179. The zero-order valence-corrected chi connectivity index (χ0v) is 23.8. The molecule has 0 aromatic heterocycles. The minimum Gasteiger partial charge on any atom is -0.493 e. The molecule has 3 aromatic rings. The molecule has 2 aliphatic rings. The number of halogens is 1. The molecule has 2 amide bonds. The van der Waals surface area contributed by atoms with Gasteiger partial charge in [-0.15, -0.1) is 0 Å². The number of para-hydroxylation sites is 1. The lowest BCUT2D eigenvalue weighted by Gasteiger charge is -2.31. The zero-order chi connectivity index (χ0) is 26.8. The Morgan fingerprint density at radius 3 is 2.53 bits per heavy atom. The fourth-order valence-electron chi connectivity index (χ4n) is 4.28. The molecule has 1 saturated heterocycles. The quantitative estimate of drug-likeness (QED) is 0.216. The number of rotatable bonds is 7. The third-order valence-corrected chi connectivity index (χ3v) is 8.83. The first kappa shape index (κ1) is 26.6. The number of ether oxygens (including phenoxy) is 2. The van der Waals surface area contributed by atoms with E-state index in [1.54, 1.807) is 47.9 Å². The Bertz CT molecular complexity index is 1480. The van der Waals surface area contributed by atoms with E-state index in [2.05, 4.69) is 0 Å². The second-order valence-electron chi connectivity index (χ2n) is 8.46. The van der Waals surface area contributed by atoms with Crippen LogP contribution >= 0.6 is 47.3 Å². The predicted molar refractivity (Wildman–Crippen MR) is 158 cm³/mol. The van der Waals surface area contributed by atoms with E-state index in [0.717, 1.165) is 26.7 Å². The normalized spacial score (nSPS) is 15.5. The van der Waals surface area contributed by atoms with Crippen LogP contribution in [0.2, 0.25) is 5.02 Å². The number of nitrogens with zero attached hydrogens (tertiary/aromatic N) is 2. The van der Waals surface area contributed by atoms with Crippen molar-refractivity contribution in [2.24, 2.45) is 0 Å². The first-order valence-electron chi connectivity index (χ1n) is 11.8. The van der Waals surface area contributed by atoms with E-state index in [0.29, 0.717) is 38.7 Å². The largest absolute Gasteiger partial charge is 0.493 e. The van der Waals surface area contributed by atoms with Crippen molar-refractivity contribution in [2.45, 2.75) is 22.6 Å². The van der Waals surface area contributed by atoms with Gasteiger partial charge in [0, 0.05) is 27.8 Å². The zero-order valence-electron chi connectivity index (χ0n) is 20.6. The molecule has 10 heteroatoms. The van der Waals surface area contributed by atoms with E-state index in [-0.39, 0.29) is 18.2 Å². The maximum Gasteiger partial charge on any atom is 0.266 e. The molecular formula is C28H23ClN2O4S3. The number of hydrogen-bond acceptors (Lipinski definition) is 7. The molecular weight excluding hydrogens is 560 g/mol. The van der Waals surface area contributed by atoms with Crippen LogP contribution in [0.1, 0.15) is 18.4 Å². The van der Waals surface area contributed by atoms with Gasteiger partial charge in [-0.25, -0.2) is 0 Å². The van der Waals surface area contributed by atoms with Gasteiger partial charge < -0.3 is 9.47 Å². The number of thiocarbonyl (C=S) groups is 1. The number of methoxy groups -OCH3 is 2. The van der Waals surface area contributed by atoms with Gasteiger partial charge in [0.15, 0.2) is 11.5 Å². The minimum atomic E-state index is -0.168. The summed E-state index contributed by atoms with van der Waals surface area (Å²) >= 11 is 14.6. The van der Waals surface area contributed by atoms with Crippen molar-refractivity contribution in [2.75, 3.05) is 25.7 Å². The number of benzene rings is 3. The molecule has 0 N–H and O–H groups in total. The number of thioether (sulfide) groups is 1. The molecule has 194 valence electrons. The molecule has 5 rings (SSSR count). The Morgan fingerprint density at radius 1 is 0.974 bits per heavy atom. The molecule has 1 fully saturated rings. The van der Waals surface area contributed by atoms with Gasteiger partial charge in [0.05, 0.1) is 30.5 Å². The summed E-state index contributed by atoms with van der Waals surface area (Å²) in [6.07, 6.45) is 2.50. The highest BCUT2D eigenvalue weighted by Gasteiger charge is 2.33. The number of carbonyl (C=O) groups is 2. The molecule has 2 aliphatic heterocycles. The average Bonchev–Trinajstić information content (AvgIpc) is 3.18. The second-order valence-corrected chi connectivity index (χ2v) is 11.7. The maximum atomic E-state index is 13.5. The van der Waals surface area contributed by atoms with Gasteiger partial charge >= 0.3 is 0 Å². The monoisotopic (exact) mass is 582 g/mol. The molecule has 0 atom stereocenters. The lowest BCUT2D eigenvalue weighted by atomic mass is 10.1. The Hall–Kier alpha value is -2.98. The summed E-state index contributed by atoms with van der Waals surface area (Å²) in [6.45, 7) is 0.353. The van der Waals surface area contributed by atoms with E-state index in [4.69, 9.17) is 33.3 Å². The van der Waals surface area contributed by atoms with Gasteiger partial charge in [-0.05, 0) is 60.5 Å². The van der Waals surface area contributed by atoms with Crippen molar-refractivity contribution >= 4 is 80.9 Å². The van der Waals surface area contributed by atoms with E-state index >= 15 is 0 Å². The molecule has 38 heavy (non-hydrogen) atoms. The van der Waals surface area contributed by atoms with Crippen LogP contribution in [0.4, 0.5) is 11.4 Å². The topological polar surface area (TPSA) is 59.1 Å². The number of anilines is 2. The van der Waals surface area contributed by atoms with Crippen LogP contribution in [-0.2, 0) is 9.59 Å². The van der Waals surface area contributed by atoms with Crippen LogP contribution in [0, 0.1) is 0 Å². The van der Waals surface area contributed by atoms with Crippen molar-refractivity contribution in [3.63, 3.8) is 0 Å². The minimum absolute atomic E-state index is 0.0624. The molecule has 2 heterocycles. The van der Waals surface area contributed by atoms with Crippen molar-refractivity contribution in [1.29, 1.82) is 0 Å². The first-order chi connectivity index (χ1) is 18.4. The Morgan fingerprint density at radius 2 is 1.74 bits per heavy atom. The molecule has 3 aromatic carbocycles. The van der Waals surface area contributed by atoms with Gasteiger partial charge in [0.25, 0.3) is 5.91 Å². The molecule has 6 nitrogen and oxygen atoms in total. The summed E-state index contributed by atoms with van der Waals surface area (Å²) in [5, 5.41) is 0.570. The Labute approximate surface area is 239 Å². The highest BCUT2D eigenvalue weighted by atomic mass is 35.5. The summed E-state index contributed by atoms with van der Waals surface area (Å²) in [4.78, 5) is 32.4. The lowest BCUT2D eigenvalue weighted by molar-refractivity contribution is -0.123. The van der Waals surface area contributed by atoms with Crippen molar-refractivity contribution in [1.82, 2.24) is 4.90 Å². The van der Waals surface area contributed by atoms with E-state index in [1.165, 1.54) is 11.8 Å². The summed E-state index contributed by atoms with van der Waals surface area (Å²) < 4.78 is 11.1. The van der Waals surface area contributed by atoms with Gasteiger partial charge in [0.2, 0.25) is 5.91 Å². The number of fused-ring (bicyclic) bond motifs is 2. The number of carbonyl (C=O) groups excluding carboxylic acids is 2. The Balaban J connectivity index is 1.28. The van der Waals surface area contributed by atoms with Crippen LogP contribution in [-0.4, -0.2) is 41.8 Å². The van der Waals surface area contributed by atoms with Crippen molar-refractivity contribution in [3.8, 4) is 11.5 Å². The summed E-state index contributed by atoms with van der Waals surface area (Å²) in [7, 11) is 3.14. The number of amides is 2. The average molecular weight is 583 g/mol. The molecule has 0 bridgehead atoms. The van der Waals surface area contributed by atoms with Crippen LogP contribution in [0.3, 0.4) is 0 Å². The first-order valence-corrected chi connectivity index (χ1v) is 14.2. The van der Waals surface area contributed by atoms with E-state index < -0.39 is 0 Å². The Kier molecular flexibility index (Phi) is 7.99. The van der Waals surface area contributed by atoms with Gasteiger partial charge in [-0.2, -0.15) is 0 Å². The van der Waals surface area contributed by atoms with Gasteiger partial charge in [-0.3, -0.25) is 19.4 Å². The van der Waals surface area contributed by atoms with Crippen LogP contribution < -0.4 is 14.4 Å². The molecule has 0 saturated carbocycles. The molecule has 0 radical (unpaired) electrons. The van der Waals surface area contributed by atoms with Crippen molar-refractivity contribution in [3.05, 3.63) is 76.2 Å². The van der Waals surface area contributed by atoms with Crippen LogP contribution in [0.15, 0.2) is 75.4 Å². The molecule has 0 unspecified atom stereocenters. The summed E-state index contributed by atoms with van der Waals surface area (Å²) in [5.74, 6) is 0.962. The number of hydrogen-bond donors (Lipinski definition) is 0. The van der Waals surface area contributed by atoms with Gasteiger partial charge in [-0.1, -0.05) is 65.5 Å². The van der Waals surface area contributed by atoms with Crippen molar-refractivity contribution < 1.29 is 19.1 Å². The van der Waals surface area contributed by atoms with Gasteiger partial charge in [0.1, 0.15) is 4.32 Å². The standard InChI is InChI=1S/C28H23ClN2O4S3/c1-34-21-11-9-17(14-22(21)35-2)15-25-27(33)30(28(36)38-25)13-5-8-26(32)31-19-6-3-4-7-23(19)37-24-12-10-18(29)16-20(24)31/h3-4,6-7,9-12,14-16H,5,8,13H2,1-2H3/b25-15-. The lowest BCUT2D eigenvalue weighted by Crippen LogP contribution is -2.32. The van der Waals surface area contributed by atoms with E-state index in [9.17, 15) is 9.59 Å². The second kappa shape index (κ2) is 11.4. The summed E-state index contributed by atoms with van der Waals surface area (Å²) in [5.41, 5.74) is 2.41. The maximum absolute atomic E-state index is 13.5.